The molecule has 0 saturated heterocycles. The average molecular weight is 177 g/mol. The molecule has 0 unspecified atom stereocenters. The van der Waals surface area contributed by atoms with Gasteiger partial charge in [0, 0.05) is 12.8 Å². The Kier molecular flexibility index (Phi) is 4.37. The first-order valence-electron chi connectivity index (χ1n) is 3.49. The van der Waals surface area contributed by atoms with Crippen LogP contribution in [0.15, 0.2) is 11.6 Å². The zero-order chi connectivity index (χ0) is 8.91. The highest BCUT2D eigenvalue weighted by molar-refractivity contribution is 7.90. The lowest BCUT2D eigenvalue weighted by Gasteiger charge is -1.95. The molecule has 4 heteroatoms. The van der Waals surface area contributed by atoms with Gasteiger partial charge in [-0.05, 0) is 13.3 Å². The molecule has 0 fully saturated rings. The van der Waals surface area contributed by atoms with Gasteiger partial charge in [-0.1, -0.05) is 11.6 Å². The summed E-state index contributed by atoms with van der Waals surface area (Å²) in [7, 11) is -2.81. The van der Waals surface area contributed by atoms with E-state index in [1.54, 1.807) is 0 Å². The fourth-order valence-corrected chi connectivity index (χ4v) is 1.15. The molecule has 0 aromatic heterocycles. The van der Waals surface area contributed by atoms with E-state index in [1.165, 1.54) is 6.26 Å². The van der Waals surface area contributed by atoms with Gasteiger partial charge in [0.1, 0.15) is 9.84 Å². The lowest BCUT2D eigenvalue weighted by molar-refractivity contribution is 0.601. The van der Waals surface area contributed by atoms with E-state index in [9.17, 15) is 8.42 Å². The maximum Gasteiger partial charge on any atom is 0.147 e. The maximum absolute atomic E-state index is 10.6. The fourth-order valence-electron chi connectivity index (χ4n) is 0.603. The highest BCUT2D eigenvalue weighted by atomic mass is 32.2. The van der Waals surface area contributed by atoms with E-state index >= 15 is 0 Å². The molecule has 0 aliphatic carbocycles. The van der Waals surface area contributed by atoms with E-state index in [1.807, 2.05) is 13.0 Å². The molecule has 0 bridgehead atoms. The van der Waals surface area contributed by atoms with Crippen molar-refractivity contribution in [1.82, 2.24) is 0 Å². The zero-order valence-electron chi connectivity index (χ0n) is 7.00. The van der Waals surface area contributed by atoms with Crippen molar-refractivity contribution in [2.45, 2.75) is 13.3 Å². The van der Waals surface area contributed by atoms with Gasteiger partial charge in [0.15, 0.2) is 0 Å². The van der Waals surface area contributed by atoms with E-state index in [4.69, 9.17) is 5.73 Å². The lowest BCUT2D eigenvalue weighted by Crippen LogP contribution is -2.03. The number of hydrogen-bond donors (Lipinski definition) is 1. The van der Waals surface area contributed by atoms with Crippen molar-refractivity contribution in [1.29, 1.82) is 0 Å². The van der Waals surface area contributed by atoms with Crippen molar-refractivity contribution in [3.8, 4) is 0 Å². The quantitative estimate of drug-likeness (QED) is 0.629. The standard InChI is InChI=1S/C7H15NO2S/c1-7(6-8)4-3-5-11(2,9)10/h4H,3,5-6,8H2,1-2H3. The van der Waals surface area contributed by atoms with Gasteiger partial charge in [0.25, 0.3) is 0 Å². The van der Waals surface area contributed by atoms with Gasteiger partial charge in [-0.15, -0.1) is 0 Å². The Balaban J connectivity index is 3.75. The van der Waals surface area contributed by atoms with Crippen LogP contribution in [0.25, 0.3) is 0 Å². The first-order valence-corrected chi connectivity index (χ1v) is 5.55. The number of nitrogens with two attached hydrogens (primary N) is 1. The Morgan fingerprint density at radius 2 is 2.09 bits per heavy atom. The number of hydrogen-bond acceptors (Lipinski definition) is 3. The fraction of sp³-hybridized carbons (Fsp3) is 0.714. The lowest BCUT2D eigenvalue weighted by atomic mass is 10.2. The highest BCUT2D eigenvalue weighted by Gasteiger charge is 1.98. The second-order valence-electron chi connectivity index (χ2n) is 2.67. The predicted octanol–water partition coefficient (Wildman–Crippen LogP) is 0.326. The third kappa shape index (κ3) is 7.55. The Bertz CT molecular complexity index is 229. The van der Waals surface area contributed by atoms with Gasteiger partial charge in [-0.25, -0.2) is 8.42 Å². The van der Waals surface area contributed by atoms with Gasteiger partial charge in [-0.2, -0.15) is 0 Å². The van der Waals surface area contributed by atoms with Crippen LogP contribution in [-0.2, 0) is 9.84 Å². The maximum atomic E-state index is 10.6. The Morgan fingerprint density at radius 1 is 1.55 bits per heavy atom. The van der Waals surface area contributed by atoms with Crippen molar-refractivity contribution in [3.05, 3.63) is 11.6 Å². The Morgan fingerprint density at radius 3 is 2.45 bits per heavy atom. The average Bonchev–Trinajstić information content (AvgIpc) is 1.85. The van der Waals surface area contributed by atoms with Crippen LogP contribution in [0.2, 0.25) is 0 Å². The molecule has 0 aromatic rings. The van der Waals surface area contributed by atoms with E-state index in [0.717, 1.165) is 5.57 Å². The number of sulfone groups is 1. The third-order valence-electron chi connectivity index (χ3n) is 1.30. The van der Waals surface area contributed by atoms with Crippen LogP contribution >= 0.6 is 0 Å². The summed E-state index contributed by atoms with van der Waals surface area (Å²) in [5, 5.41) is 0. The smallest absolute Gasteiger partial charge is 0.147 e. The number of allylic oxidation sites excluding steroid dienone is 1. The minimum Gasteiger partial charge on any atom is -0.327 e. The molecule has 0 atom stereocenters. The molecule has 0 spiro atoms. The highest BCUT2D eigenvalue weighted by Crippen LogP contribution is 1.95. The normalized spacial score (nSPS) is 13.5. The molecule has 0 aliphatic heterocycles. The summed E-state index contributed by atoms with van der Waals surface area (Å²) in [6, 6.07) is 0. The SMILES string of the molecule is CC(=CCCS(C)(=O)=O)CN. The molecule has 0 radical (unpaired) electrons. The van der Waals surface area contributed by atoms with Gasteiger partial charge in [-0.3, -0.25) is 0 Å². The molecule has 2 N–H and O–H groups in total. The summed E-state index contributed by atoms with van der Waals surface area (Å²) in [6.07, 6.45) is 3.67. The van der Waals surface area contributed by atoms with E-state index in [2.05, 4.69) is 0 Å². The summed E-state index contributed by atoms with van der Waals surface area (Å²) in [5.74, 6) is 0.213. The van der Waals surface area contributed by atoms with E-state index in [0.29, 0.717) is 13.0 Å². The minimum atomic E-state index is -2.81. The van der Waals surface area contributed by atoms with Crippen molar-refractivity contribution in [3.63, 3.8) is 0 Å². The van der Waals surface area contributed by atoms with Crippen molar-refractivity contribution in [2.24, 2.45) is 5.73 Å². The molecule has 66 valence electrons. The van der Waals surface area contributed by atoms with Crippen LogP contribution in [0.3, 0.4) is 0 Å². The van der Waals surface area contributed by atoms with E-state index in [-0.39, 0.29) is 5.75 Å². The molecule has 0 amide bonds. The minimum absolute atomic E-state index is 0.213. The van der Waals surface area contributed by atoms with Gasteiger partial charge in [0.05, 0.1) is 5.75 Å². The molecular formula is C7H15NO2S. The summed E-state index contributed by atoms with van der Waals surface area (Å²) in [6.45, 7) is 2.39. The first-order chi connectivity index (χ1) is 4.95. The van der Waals surface area contributed by atoms with Crippen LogP contribution in [-0.4, -0.2) is 27.0 Å². The van der Waals surface area contributed by atoms with Crippen LogP contribution < -0.4 is 5.73 Å². The van der Waals surface area contributed by atoms with Gasteiger partial charge >= 0.3 is 0 Å². The summed E-state index contributed by atoms with van der Waals surface area (Å²) >= 11 is 0. The first kappa shape index (κ1) is 10.7. The molecule has 0 aromatic carbocycles. The molecule has 0 rings (SSSR count). The van der Waals surface area contributed by atoms with Crippen molar-refractivity contribution in [2.75, 3.05) is 18.6 Å². The van der Waals surface area contributed by atoms with Crippen LogP contribution in [0, 0.1) is 0 Å². The monoisotopic (exact) mass is 177 g/mol. The number of rotatable bonds is 4. The Labute approximate surface area is 68.2 Å². The molecule has 0 heterocycles. The zero-order valence-corrected chi connectivity index (χ0v) is 7.82. The topological polar surface area (TPSA) is 60.2 Å². The molecule has 3 nitrogen and oxygen atoms in total. The van der Waals surface area contributed by atoms with E-state index < -0.39 is 9.84 Å². The third-order valence-corrected chi connectivity index (χ3v) is 2.28. The van der Waals surface area contributed by atoms with Crippen molar-refractivity contribution < 1.29 is 8.42 Å². The molecular weight excluding hydrogens is 162 g/mol. The molecule has 11 heavy (non-hydrogen) atoms. The second kappa shape index (κ2) is 4.51. The van der Waals surface area contributed by atoms with Gasteiger partial charge < -0.3 is 5.73 Å². The van der Waals surface area contributed by atoms with Gasteiger partial charge in [0.2, 0.25) is 0 Å². The molecule has 0 aliphatic rings. The summed E-state index contributed by atoms with van der Waals surface area (Å²) < 4.78 is 21.3. The summed E-state index contributed by atoms with van der Waals surface area (Å²) in [5.41, 5.74) is 6.34. The predicted molar refractivity (Wildman–Crippen MR) is 47.1 cm³/mol. The van der Waals surface area contributed by atoms with Crippen LogP contribution in [0.1, 0.15) is 13.3 Å². The Hall–Kier alpha value is -0.350. The largest absolute Gasteiger partial charge is 0.327 e. The van der Waals surface area contributed by atoms with Crippen LogP contribution in [0.4, 0.5) is 0 Å². The summed E-state index contributed by atoms with van der Waals surface area (Å²) in [4.78, 5) is 0. The molecule has 0 saturated carbocycles. The van der Waals surface area contributed by atoms with Crippen LogP contribution in [0.5, 0.6) is 0 Å². The second-order valence-corrected chi connectivity index (χ2v) is 4.93. The van der Waals surface area contributed by atoms with Crippen molar-refractivity contribution >= 4 is 9.84 Å².